The number of benzene rings is 2. The summed E-state index contributed by atoms with van der Waals surface area (Å²) in [6, 6.07) is 12.8. The number of hydrogen-bond donors (Lipinski definition) is 1. The number of nitriles is 1. The van der Waals surface area contributed by atoms with Crippen LogP contribution in [0.3, 0.4) is 0 Å². The van der Waals surface area contributed by atoms with E-state index >= 15 is 0 Å². The number of rotatable bonds is 7. The normalized spacial score (nSPS) is 11.0. The minimum absolute atomic E-state index is 0.0912. The van der Waals surface area contributed by atoms with Gasteiger partial charge in [0.05, 0.1) is 12.0 Å². The fraction of sp³-hybridized carbons (Fsp3) is 0.158. The van der Waals surface area contributed by atoms with Crippen molar-refractivity contribution >= 4 is 27.5 Å². The topological polar surface area (TPSA) is 105 Å². The van der Waals surface area contributed by atoms with Crippen LogP contribution in [0.25, 0.3) is 6.08 Å². The Morgan fingerprint density at radius 3 is 2.48 bits per heavy atom. The summed E-state index contributed by atoms with van der Waals surface area (Å²) >= 11 is 0. The number of methoxy groups -OCH3 is 1. The van der Waals surface area contributed by atoms with Crippen LogP contribution in [-0.4, -0.2) is 34.3 Å². The van der Waals surface area contributed by atoms with Gasteiger partial charge in [-0.1, -0.05) is 6.07 Å². The molecule has 7 nitrogen and oxygen atoms in total. The van der Waals surface area contributed by atoms with E-state index < -0.39 is 9.84 Å². The molecule has 0 aliphatic heterocycles. The molecule has 140 valence electrons. The Bertz CT molecular complexity index is 990. The molecule has 0 fully saturated rings. The molecule has 0 heterocycles. The third-order valence-electron chi connectivity index (χ3n) is 3.46. The van der Waals surface area contributed by atoms with Gasteiger partial charge in [-0.3, -0.25) is 4.79 Å². The van der Waals surface area contributed by atoms with E-state index in [-0.39, 0.29) is 17.4 Å². The monoisotopic (exact) mass is 386 g/mol. The van der Waals surface area contributed by atoms with Gasteiger partial charge >= 0.3 is 0 Å². The van der Waals surface area contributed by atoms with E-state index in [2.05, 4.69) is 5.32 Å². The molecule has 0 radical (unpaired) electrons. The summed E-state index contributed by atoms with van der Waals surface area (Å²) in [5.74, 6) is 0.515. The lowest BCUT2D eigenvalue weighted by molar-refractivity contribution is -0.111. The smallest absolute Gasteiger partial charge is 0.248 e. The molecule has 2 aromatic rings. The van der Waals surface area contributed by atoms with Crippen molar-refractivity contribution < 1.29 is 22.7 Å². The third kappa shape index (κ3) is 5.87. The highest BCUT2D eigenvalue weighted by Crippen LogP contribution is 2.28. The lowest BCUT2D eigenvalue weighted by atomic mass is 10.2. The van der Waals surface area contributed by atoms with Gasteiger partial charge in [0.2, 0.25) is 5.91 Å². The highest BCUT2D eigenvalue weighted by Gasteiger charge is 2.07. The summed E-state index contributed by atoms with van der Waals surface area (Å²) in [6.45, 7) is -0.0912. The molecule has 1 amide bonds. The SMILES string of the molecule is COc1cc(/C=C/C(=O)Nc2ccc(S(C)(=O)=O)cc2)ccc1OCC#N. The first-order valence-electron chi connectivity index (χ1n) is 7.80. The van der Waals surface area contributed by atoms with Crippen LogP contribution in [0.1, 0.15) is 5.56 Å². The number of nitrogens with zero attached hydrogens (tertiary/aromatic N) is 1. The molecular weight excluding hydrogens is 368 g/mol. The molecule has 2 rings (SSSR count). The quantitative estimate of drug-likeness (QED) is 0.734. The fourth-order valence-corrected chi connectivity index (χ4v) is 2.79. The molecule has 1 N–H and O–H groups in total. The number of carbonyl (C=O) groups excluding carboxylic acids is 1. The maximum atomic E-state index is 12.0. The van der Waals surface area contributed by atoms with E-state index in [1.165, 1.54) is 37.5 Å². The second-order valence-electron chi connectivity index (χ2n) is 5.48. The zero-order chi connectivity index (χ0) is 19.9. The van der Waals surface area contributed by atoms with Gasteiger partial charge in [0, 0.05) is 18.0 Å². The average molecular weight is 386 g/mol. The standard InChI is InChI=1S/C19H18N2O5S/c1-25-18-13-14(3-9-17(18)26-12-11-20)4-10-19(22)21-15-5-7-16(8-6-15)27(2,23)24/h3-10,13H,12H2,1-2H3,(H,21,22)/b10-4+. The molecule has 27 heavy (non-hydrogen) atoms. The van der Waals surface area contributed by atoms with E-state index in [0.717, 1.165) is 6.26 Å². The Balaban J connectivity index is 2.05. The molecular formula is C19H18N2O5S. The number of nitrogens with one attached hydrogen (secondary N) is 1. The Kier molecular flexibility index (Phi) is 6.57. The van der Waals surface area contributed by atoms with Crippen molar-refractivity contribution in [3.8, 4) is 17.6 Å². The minimum atomic E-state index is -3.28. The minimum Gasteiger partial charge on any atom is -0.493 e. The van der Waals surface area contributed by atoms with Gasteiger partial charge in [-0.2, -0.15) is 5.26 Å². The Morgan fingerprint density at radius 1 is 1.19 bits per heavy atom. The molecule has 0 unspecified atom stereocenters. The van der Waals surface area contributed by atoms with Gasteiger partial charge in [0.15, 0.2) is 27.9 Å². The molecule has 0 saturated heterocycles. The average Bonchev–Trinajstić information content (AvgIpc) is 2.64. The van der Waals surface area contributed by atoms with Gasteiger partial charge in [-0.25, -0.2) is 8.42 Å². The molecule has 0 aliphatic carbocycles. The maximum Gasteiger partial charge on any atom is 0.248 e. The van der Waals surface area contributed by atoms with Gasteiger partial charge < -0.3 is 14.8 Å². The van der Waals surface area contributed by atoms with Crippen molar-refractivity contribution in [2.45, 2.75) is 4.90 Å². The van der Waals surface area contributed by atoms with Gasteiger partial charge in [-0.15, -0.1) is 0 Å². The van der Waals surface area contributed by atoms with Crippen LogP contribution in [0, 0.1) is 11.3 Å². The number of amides is 1. The zero-order valence-corrected chi connectivity index (χ0v) is 15.6. The first kappa shape index (κ1) is 20.0. The molecule has 0 spiro atoms. The predicted molar refractivity (Wildman–Crippen MR) is 101 cm³/mol. The number of sulfone groups is 1. The lowest BCUT2D eigenvalue weighted by Crippen LogP contribution is -2.08. The number of carbonyl (C=O) groups is 1. The van der Waals surface area contributed by atoms with E-state index in [9.17, 15) is 13.2 Å². The molecule has 0 atom stereocenters. The predicted octanol–water partition coefficient (Wildman–Crippen LogP) is 2.65. The van der Waals surface area contributed by atoms with Gasteiger partial charge in [0.1, 0.15) is 6.07 Å². The third-order valence-corrected chi connectivity index (χ3v) is 4.59. The lowest BCUT2D eigenvalue weighted by Gasteiger charge is -2.08. The second kappa shape index (κ2) is 8.87. The molecule has 2 aromatic carbocycles. The zero-order valence-electron chi connectivity index (χ0n) is 14.8. The highest BCUT2D eigenvalue weighted by molar-refractivity contribution is 7.90. The Hall–Kier alpha value is -3.31. The van der Waals surface area contributed by atoms with Crippen LogP contribution >= 0.6 is 0 Å². The van der Waals surface area contributed by atoms with Crippen molar-refractivity contribution in [1.29, 1.82) is 5.26 Å². The molecule has 0 saturated carbocycles. The van der Waals surface area contributed by atoms with Crippen LogP contribution in [0.15, 0.2) is 53.4 Å². The van der Waals surface area contributed by atoms with Crippen molar-refractivity contribution in [3.05, 3.63) is 54.1 Å². The van der Waals surface area contributed by atoms with E-state index in [1.54, 1.807) is 24.3 Å². The van der Waals surface area contributed by atoms with Crippen LogP contribution in [0.2, 0.25) is 0 Å². The largest absolute Gasteiger partial charge is 0.493 e. The van der Waals surface area contributed by atoms with E-state index in [4.69, 9.17) is 14.7 Å². The van der Waals surface area contributed by atoms with Crippen LogP contribution in [-0.2, 0) is 14.6 Å². The van der Waals surface area contributed by atoms with Crippen molar-refractivity contribution in [1.82, 2.24) is 0 Å². The first-order valence-corrected chi connectivity index (χ1v) is 9.69. The van der Waals surface area contributed by atoms with Crippen LogP contribution in [0.4, 0.5) is 5.69 Å². The molecule has 8 heteroatoms. The number of ether oxygens (including phenoxy) is 2. The molecule has 0 aromatic heterocycles. The summed E-state index contributed by atoms with van der Waals surface area (Å²) in [6.07, 6.45) is 4.06. The van der Waals surface area contributed by atoms with Crippen molar-refractivity contribution in [2.24, 2.45) is 0 Å². The summed E-state index contributed by atoms with van der Waals surface area (Å²) in [5, 5.41) is 11.2. The summed E-state index contributed by atoms with van der Waals surface area (Å²) < 4.78 is 33.3. The van der Waals surface area contributed by atoms with Crippen LogP contribution < -0.4 is 14.8 Å². The molecule has 0 aliphatic rings. The molecule has 0 bridgehead atoms. The summed E-state index contributed by atoms with van der Waals surface area (Å²) in [4.78, 5) is 12.2. The van der Waals surface area contributed by atoms with Gasteiger partial charge in [0.25, 0.3) is 0 Å². The Morgan fingerprint density at radius 2 is 1.89 bits per heavy atom. The number of anilines is 1. The van der Waals surface area contributed by atoms with Crippen molar-refractivity contribution in [3.63, 3.8) is 0 Å². The number of hydrogen-bond acceptors (Lipinski definition) is 6. The summed E-state index contributed by atoms with van der Waals surface area (Å²) in [7, 11) is -1.80. The van der Waals surface area contributed by atoms with Crippen LogP contribution in [0.5, 0.6) is 11.5 Å². The maximum absolute atomic E-state index is 12.0. The van der Waals surface area contributed by atoms with Crippen molar-refractivity contribution in [2.75, 3.05) is 25.3 Å². The Labute approximate surface area is 157 Å². The summed E-state index contributed by atoms with van der Waals surface area (Å²) in [5.41, 5.74) is 1.19. The fourth-order valence-electron chi connectivity index (χ4n) is 2.16. The highest BCUT2D eigenvalue weighted by atomic mass is 32.2. The van der Waals surface area contributed by atoms with E-state index in [0.29, 0.717) is 22.7 Å². The van der Waals surface area contributed by atoms with E-state index in [1.807, 2.05) is 6.07 Å². The van der Waals surface area contributed by atoms with Gasteiger partial charge in [-0.05, 0) is 48.0 Å². The first-order chi connectivity index (χ1) is 12.8. The second-order valence-corrected chi connectivity index (χ2v) is 7.49.